The average Bonchev–Trinajstić information content (AvgIpc) is 2.68. The summed E-state index contributed by atoms with van der Waals surface area (Å²) in [7, 11) is 1.41. The maximum absolute atomic E-state index is 11.8. The number of hydrogen-bond acceptors (Lipinski definition) is 4. The van der Waals surface area contributed by atoms with Gasteiger partial charge in [-0.1, -0.05) is 54.1 Å². The molecule has 0 spiro atoms. The third kappa shape index (κ3) is 3.14. The lowest BCUT2D eigenvalue weighted by Crippen LogP contribution is -2.29. The van der Waals surface area contributed by atoms with Crippen molar-refractivity contribution in [1.29, 1.82) is 0 Å². The van der Waals surface area contributed by atoms with Crippen molar-refractivity contribution >= 4 is 17.3 Å². The van der Waals surface area contributed by atoms with Gasteiger partial charge in [0.25, 0.3) is 5.69 Å². The van der Waals surface area contributed by atoms with Crippen molar-refractivity contribution in [2.45, 2.75) is 5.60 Å². The summed E-state index contributed by atoms with van der Waals surface area (Å²) in [6.07, 6.45) is 0. The molecular weight excluding hydrogens is 354 g/mol. The van der Waals surface area contributed by atoms with Crippen molar-refractivity contribution in [3.8, 4) is 5.75 Å². The molecule has 1 unspecified atom stereocenters. The summed E-state index contributed by atoms with van der Waals surface area (Å²) in [6, 6.07) is 20.0. The molecule has 0 aromatic heterocycles. The van der Waals surface area contributed by atoms with E-state index in [1.807, 2.05) is 18.2 Å². The molecule has 1 N–H and O–H groups in total. The molecule has 1 atom stereocenters. The summed E-state index contributed by atoms with van der Waals surface area (Å²) in [5.74, 6) is 0.223. The van der Waals surface area contributed by atoms with Crippen molar-refractivity contribution in [2.75, 3.05) is 7.11 Å². The van der Waals surface area contributed by atoms with Crippen LogP contribution in [0, 0.1) is 10.1 Å². The molecule has 0 bridgehead atoms. The van der Waals surface area contributed by atoms with Crippen LogP contribution in [0.4, 0.5) is 5.69 Å². The van der Waals surface area contributed by atoms with Gasteiger partial charge in [0.05, 0.1) is 18.1 Å². The lowest BCUT2D eigenvalue weighted by molar-refractivity contribution is -0.385. The predicted molar refractivity (Wildman–Crippen MR) is 99.6 cm³/mol. The van der Waals surface area contributed by atoms with Crippen molar-refractivity contribution in [2.24, 2.45) is 0 Å². The van der Waals surface area contributed by atoms with Crippen LogP contribution in [0.5, 0.6) is 5.75 Å². The summed E-state index contributed by atoms with van der Waals surface area (Å²) in [4.78, 5) is 10.6. The van der Waals surface area contributed by atoms with Gasteiger partial charge in [-0.2, -0.15) is 0 Å². The molecular formula is C20H16ClNO4. The van der Waals surface area contributed by atoms with Crippen molar-refractivity contribution in [3.05, 3.63) is 105 Å². The van der Waals surface area contributed by atoms with E-state index in [0.29, 0.717) is 21.7 Å². The molecule has 5 nitrogen and oxygen atoms in total. The lowest BCUT2D eigenvalue weighted by atomic mass is 9.80. The molecule has 0 fully saturated rings. The first kappa shape index (κ1) is 17.9. The molecule has 0 heterocycles. The number of benzene rings is 3. The van der Waals surface area contributed by atoms with Crippen LogP contribution in [0.2, 0.25) is 5.02 Å². The average molecular weight is 370 g/mol. The first-order chi connectivity index (χ1) is 12.5. The van der Waals surface area contributed by atoms with Crippen LogP contribution in [0.15, 0.2) is 72.8 Å². The Morgan fingerprint density at radius 2 is 1.62 bits per heavy atom. The summed E-state index contributed by atoms with van der Waals surface area (Å²) < 4.78 is 5.36. The zero-order chi connectivity index (χ0) is 18.7. The summed E-state index contributed by atoms with van der Waals surface area (Å²) in [5.41, 5.74) is -0.0993. The number of rotatable bonds is 5. The Morgan fingerprint density at radius 1 is 1.00 bits per heavy atom. The van der Waals surface area contributed by atoms with Crippen LogP contribution in [-0.2, 0) is 5.60 Å². The Morgan fingerprint density at radius 3 is 2.19 bits per heavy atom. The normalized spacial score (nSPS) is 13.0. The van der Waals surface area contributed by atoms with Crippen molar-refractivity contribution in [3.63, 3.8) is 0 Å². The third-order valence-electron chi connectivity index (χ3n) is 4.24. The van der Waals surface area contributed by atoms with E-state index in [4.69, 9.17) is 16.3 Å². The van der Waals surface area contributed by atoms with Gasteiger partial charge in [-0.15, -0.1) is 0 Å². The van der Waals surface area contributed by atoms with E-state index >= 15 is 0 Å². The number of ether oxygens (including phenoxy) is 1. The van der Waals surface area contributed by atoms with Crippen molar-refractivity contribution < 1.29 is 14.8 Å². The second-order valence-electron chi connectivity index (χ2n) is 5.73. The van der Waals surface area contributed by atoms with E-state index in [-0.39, 0.29) is 11.4 Å². The van der Waals surface area contributed by atoms with Gasteiger partial charge in [0.2, 0.25) is 0 Å². The monoisotopic (exact) mass is 369 g/mol. The molecule has 0 aliphatic rings. The second kappa shape index (κ2) is 7.15. The van der Waals surface area contributed by atoms with Gasteiger partial charge in [0.15, 0.2) is 0 Å². The largest absolute Gasteiger partial charge is 0.496 e. The molecule has 3 aromatic carbocycles. The Hall–Kier alpha value is -2.89. The first-order valence-electron chi connectivity index (χ1n) is 7.83. The molecule has 0 aliphatic carbocycles. The molecule has 0 saturated heterocycles. The van der Waals surface area contributed by atoms with Crippen LogP contribution in [0.25, 0.3) is 0 Å². The zero-order valence-corrected chi connectivity index (χ0v) is 14.7. The maximum Gasteiger partial charge on any atom is 0.273 e. The topological polar surface area (TPSA) is 72.6 Å². The number of methoxy groups -OCH3 is 1. The molecule has 0 aliphatic heterocycles. The smallest absolute Gasteiger partial charge is 0.273 e. The van der Waals surface area contributed by atoms with E-state index < -0.39 is 10.5 Å². The molecule has 0 radical (unpaired) electrons. The Bertz CT molecular complexity index is 928. The highest BCUT2D eigenvalue weighted by molar-refractivity contribution is 6.30. The van der Waals surface area contributed by atoms with Crippen molar-refractivity contribution in [1.82, 2.24) is 0 Å². The summed E-state index contributed by atoms with van der Waals surface area (Å²) in [6.45, 7) is 0. The van der Waals surface area contributed by atoms with E-state index in [2.05, 4.69) is 0 Å². The number of nitro benzene ring substituents is 1. The van der Waals surface area contributed by atoms with Gasteiger partial charge in [0, 0.05) is 16.7 Å². The highest BCUT2D eigenvalue weighted by Crippen LogP contribution is 2.42. The van der Waals surface area contributed by atoms with Gasteiger partial charge in [-0.05, 0) is 29.3 Å². The first-order valence-corrected chi connectivity index (χ1v) is 8.21. The Labute approximate surface area is 155 Å². The summed E-state index contributed by atoms with van der Waals surface area (Å²) in [5, 5.41) is 23.4. The number of nitro groups is 1. The minimum Gasteiger partial charge on any atom is -0.496 e. The number of halogens is 1. The van der Waals surface area contributed by atoms with Crippen LogP contribution >= 0.6 is 11.6 Å². The molecule has 0 amide bonds. The Kier molecular flexibility index (Phi) is 4.93. The molecule has 0 saturated carbocycles. The highest BCUT2D eigenvalue weighted by atomic mass is 35.5. The van der Waals surface area contributed by atoms with Crippen LogP contribution in [0.3, 0.4) is 0 Å². The van der Waals surface area contributed by atoms with Gasteiger partial charge in [0.1, 0.15) is 11.4 Å². The maximum atomic E-state index is 11.8. The molecule has 26 heavy (non-hydrogen) atoms. The minimum absolute atomic E-state index is 0.114. The van der Waals surface area contributed by atoms with Crippen LogP contribution < -0.4 is 4.74 Å². The number of nitrogens with zero attached hydrogens (tertiary/aromatic N) is 1. The highest BCUT2D eigenvalue weighted by Gasteiger charge is 2.37. The second-order valence-corrected chi connectivity index (χ2v) is 6.16. The lowest BCUT2D eigenvalue weighted by Gasteiger charge is -2.31. The third-order valence-corrected chi connectivity index (χ3v) is 4.49. The zero-order valence-electron chi connectivity index (χ0n) is 13.9. The van der Waals surface area contributed by atoms with Crippen LogP contribution in [0.1, 0.15) is 16.7 Å². The van der Waals surface area contributed by atoms with Gasteiger partial charge in [-0.25, -0.2) is 0 Å². The molecule has 6 heteroatoms. The van der Waals surface area contributed by atoms with Crippen LogP contribution in [-0.4, -0.2) is 17.1 Å². The summed E-state index contributed by atoms with van der Waals surface area (Å²) >= 11 is 5.99. The van der Waals surface area contributed by atoms with E-state index in [9.17, 15) is 15.2 Å². The Balaban J connectivity index is 2.28. The van der Waals surface area contributed by atoms with Gasteiger partial charge in [-0.3, -0.25) is 10.1 Å². The quantitative estimate of drug-likeness (QED) is 0.407. The fourth-order valence-electron chi connectivity index (χ4n) is 2.94. The molecule has 3 rings (SSSR count). The van der Waals surface area contributed by atoms with E-state index in [1.54, 1.807) is 36.4 Å². The van der Waals surface area contributed by atoms with E-state index in [0.717, 1.165) is 0 Å². The fraction of sp³-hybridized carbons (Fsp3) is 0.100. The number of hydrogen-bond donors (Lipinski definition) is 1. The van der Waals surface area contributed by atoms with Gasteiger partial charge >= 0.3 is 0 Å². The SMILES string of the molecule is COc1cc([N+](=O)[O-])ccc1C(O)(c1ccccc1)c1ccc(Cl)cc1. The van der Waals surface area contributed by atoms with Gasteiger partial charge < -0.3 is 9.84 Å². The van der Waals surface area contributed by atoms with E-state index in [1.165, 1.54) is 25.3 Å². The number of aliphatic hydroxyl groups is 1. The predicted octanol–water partition coefficient (Wildman–Crippen LogP) is 4.54. The number of non-ortho nitro benzene ring substituents is 1. The minimum atomic E-state index is -1.56. The standard InChI is InChI=1S/C20H16ClNO4/c1-26-19-13-17(22(24)25)11-12-18(19)20(23,14-5-3-2-4-6-14)15-7-9-16(21)10-8-15/h2-13,23H,1H3. The molecule has 3 aromatic rings. The fourth-order valence-corrected chi connectivity index (χ4v) is 3.07. The molecule has 132 valence electrons.